The fourth-order valence-corrected chi connectivity index (χ4v) is 3.67. The molecule has 3 heteroatoms. The van der Waals surface area contributed by atoms with Crippen LogP contribution in [0.4, 0.5) is 0 Å². The third-order valence-electron chi connectivity index (χ3n) is 5.00. The summed E-state index contributed by atoms with van der Waals surface area (Å²) in [6.45, 7) is 2.30. The van der Waals surface area contributed by atoms with Crippen molar-refractivity contribution in [1.82, 2.24) is 15.1 Å². The molecule has 1 aromatic rings. The number of hydrogen-bond donors (Lipinski definition) is 1. The van der Waals surface area contributed by atoms with Gasteiger partial charge in [0.1, 0.15) is 0 Å². The number of rotatable bonds is 7. The van der Waals surface area contributed by atoms with Gasteiger partial charge in [-0.15, -0.1) is 0 Å². The highest BCUT2D eigenvalue weighted by molar-refractivity contribution is 5.02. The SMILES string of the molecule is CCCCC1CCC(C(Cc2ccn(C)n2)NC)CC1. The molecule has 2 rings (SSSR count). The lowest BCUT2D eigenvalue weighted by Gasteiger charge is -2.33. The quantitative estimate of drug-likeness (QED) is 0.826. The van der Waals surface area contributed by atoms with Crippen LogP contribution in [0.15, 0.2) is 12.3 Å². The summed E-state index contributed by atoms with van der Waals surface area (Å²) in [5.41, 5.74) is 1.22. The normalized spacial score (nSPS) is 24.8. The van der Waals surface area contributed by atoms with Gasteiger partial charge in [0, 0.05) is 25.7 Å². The van der Waals surface area contributed by atoms with Crippen LogP contribution in [0.1, 0.15) is 57.6 Å². The van der Waals surface area contributed by atoms with Crippen LogP contribution in [0, 0.1) is 11.8 Å². The summed E-state index contributed by atoms with van der Waals surface area (Å²) in [7, 11) is 4.10. The maximum atomic E-state index is 4.53. The number of aromatic nitrogens is 2. The molecule has 1 aliphatic carbocycles. The zero-order valence-electron chi connectivity index (χ0n) is 13.4. The van der Waals surface area contributed by atoms with Crippen molar-refractivity contribution in [2.24, 2.45) is 18.9 Å². The van der Waals surface area contributed by atoms with E-state index in [0.29, 0.717) is 6.04 Å². The topological polar surface area (TPSA) is 29.9 Å². The number of unbranched alkanes of at least 4 members (excludes halogenated alkanes) is 1. The highest BCUT2D eigenvalue weighted by Crippen LogP contribution is 2.34. The summed E-state index contributed by atoms with van der Waals surface area (Å²) < 4.78 is 1.91. The van der Waals surface area contributed by atoms with Crippen molar-refractivity contribution in [1.29, 1.82) is 0 Å². The van der Waals surface area contributed by atoms with E-state index in [1.807, 2.05) is 17.9 Å². The van der Waals surface area contributed by atoms with Gasteiger partial charge in [-0.2, -0.15) is 5.10 Å². The van der Waals surface area contributed by atoms with E-state index in [0.717, 1.165) is 18.3 Å². The predicted octanol–water partition coefficient (Wildman–Crippen LogP) is 3.55. The Morgan fingerprint density at radius 3 is 2.65 bits per heavy atom. The minimum absolute atomic E-state index is 0.594. The van der Waals surface area contributed by atoms with Crippen LogP contribution in [0.5, 0.6) is 0 Å². The first-order valence-electron chi connectivity index (χ1n) is 8.38. The molecular weight excluding hydrogens is 246 g/mol. The molecule has 1 aliphatic rings. The fourth-order valence-electron chi connectivity index (χ4n) is 3.67. The van der Waals surface area contributed by atoms with Gasteiger partial charge in [0.25, 0.3) is 0 Å². The summed E-state index contributed by atoms with van der Waals surface area (Å²) in [6.07, 6.45) is 13.0. The zero-order valence-corrected chi connectivity index (χ0v) is 13.4. The number of hydrogen-bond acceptors (Lipinski definition) is 2. The number of nitrogens with one attached hydrogen (secondary N) is 1. The molecule has 1 unspecified atom stereocenters. The third kappa shape index (κ3) is 4.34. The molecule has 1 aromatic heterocycles. The Hall–Kier alpha value is -0.830. The highest BCUT2D eigenvalue weighted by Gasteiger charge is 2.27. The van der Waals surface area contributed by atoms with E-state index in [9.17, 15) is 0 Å². The first-order valence-corrected chi connectivity index (χ1v) is 8.38. The molecule has 0 aliphatic heterocycles. The van der Waals surface area contributed by atoms with Crippen molar-refractivity contribution in [2.45, 2.75) is 64.3 Å². The van der Waals surface area contributed by atoms with Gasteiger partial charge in [-0.3, -0.25) is 4.68 Å². The van der Waals surface area contributed by atoms with Crippen molar-refractivity contribution >= 4 is 0 Å². The molecule has 0 amide bonds. The number of likely N-dealkylation sites (N-methyl/N-ethyl adjacent to an activating group) is 1. The molecule has 1 saturated carbocycles. The maximum Gasteiger partial charge on any atom is 0.0640 e. The minimum atomic E-state index is 0.594. The molecular formula is C17H31N3. The van der Waals surface area contributed by atoms with Crippen molar-refractivity contribution in [3.63, 3.8) is 0 Å². The van der Waals surface area contributed by atoms with E-state index < -0.39 is 0 Å². The second-order valence-corrected chi connectivity index (χ2v) is 6.50. The molecule has 114 valence electrons. The van der Waals surface area contributed by atoms with Gasteiger partial charge in [-0.1, -0.05) is 39.0 Å². The van der Waals surface area contributed by atoms with Crippen LogP contribution in [0.25, 0.3) is 0 Å². The average molecular weight is 277 g/mol. The Bertz CT molecular complexity index is 377. The van der Waals surface area contributed by atoms with Gasteiger partial charge in [0.2, 0.25) is 0 Å². The van der Waals surface area contributed by atoms with Crippen LogP contribution in [0.2, 0.25) is 0 Å². The molecule has 1 atom stereocenters. The van der Waals surface area contributed by atoms with Gasteiger partial charge < -0.3 is 5.32 Å². The second-order valence-electron chi connectivity index (χ2n) is 6.50. The highest BCUT2D eigenvalue weighted by atomic mass is 15.2. The van der Waals surface area contributed by atoms with E-state index >= 15 is 0 Å². The summed E-state index contributed by atoms with van der Waals surface area (Å²) in [5.74, 6) is 1.83. The Labute approximate surface area is 124 Å². The van der Waals surface area contributed by atoms with Crippen molar-refractivity contribution in [3.05, 3.63) is 18.0 Å². The van der Waals surface area contributed by atoms with Gasteiger partial charge in [0.15, 0.2) is 0 Å². The summed E-state index contributed by atoms with van der Waals surface area (Å²) in [5, 5.41) is 8.06. The molecule has 0 spiro atoms. The Morgan fingerprint density at radius 2 is 2.10 bits per heavy atom. The maximum absolute atomic E-state index is 4.53. The average Bonchev–Trinajstić information content (AvgIpc) is 2.88. The van der Waals surface area contributed by atoms with Gasteiger partial charge in [0.05, 0.1) is 5.69 Å². The Morgan fingerprint density at radius 1 is 1.35 bits per heavy atom. The van der Waals surface area contributed by atoms with Crippen molar-refractivity contribution in [2.75, 3.05) is 7.05 Å². The lowest BCUT2D eigenvalue weighted by molar-refractivity contribution is 0.215. The standard InChI is InChI=1S/C17H31N3/c1-4-5-6-14-7-9-15(10-8-14)17(18-2)13-16-11-12-20(3)19-16/h11-12,14-15,17-18H,4-10,13H2,1-3H3. The van der Waals surface area contributed by atoms with E-state index in [2.05, 4.69) is 30.5 Å². The van der Waals surface area contributed by atoms with E-state index in [1.165, 1.54) is 50.6 Å². The first kappa shape index (κ1) is 15.6. The van der Waals surface area contributed by atoms with Crippen LogP contribution < -0.4 is 5.32 Å². The largest absolute Gasteiger partial charge is 0.316 e. The smallest absolute Gasteiger partial charge is 0.0640 e. The fraction of sp³-hybridized carbons (Fsp3) is 0.824. The van der Waals surface area contributed by atoms with Crippen LogP contribution in [0.3, 0.4) is 0 Å². The van der Waals surface area contributed by atoms with E-state index in [1.54, 1.807) is 0 Å². The van der Waals surface area contributed by atoms with Crippen LogP contribution >= 0.6 is 0 Å². The van der Waals surface area contributed by atoms with Gasteiger partial charge in [-0.05, 0) is 37.8 Å². The third-order valence-corrected chi connectivity index (χ3v) is 5.00. The van der Waals surface area contributed by atoms with E-state index in [4.69, 9.17) is 0 Å². The lowest BCUT2D eigenvalue weighted by Crippen LogP contribution is -2.37. The molecule has 1 heterocycles. The lowest BCUT2D eigenvalue weighted by atomic mass is 9.76. The van der Waals surface area contributed by atoms with E-state index in [-0.39, 0.29) is 0 Å². The summed E-state index contributed by atoms with van der Waals surface area (Å²) in [4.78, 5) is 0. The zero-order chi connectivity index (χ0) is 14.4. The molecule has 0 radical (unpaired) electrons. The number of nitrogens with zero attached hydrogens (tertiary/aromatic N) is 2. The van der Waals surface area contributed by atoms with Gasteiger partial charge in [-0.25, -0.2) is 0 Å². The second kappa shape index (κ2) is 7.82. The van der Waals surface area contributed by atoms with Gasteiger partial charge >= 0.3 is 0 Å². The van der Waals surface area contributed by atoms with Crippen molar-refractivity contribution < 1.29 is 0 Å². The first-order chi connectivity index (χ1) is 9.72. The van der Waals surface area contributed by atoms with Crippen molar-refractivity contribution in [3.8, 4) is 0 Å². The molecule has 20 heavy (non-hydrogen) atoms. The monoisotopic (exact) mass is 277 g/mol. The Kier molecular flexibility index (Phi) is 6.08. The van der Waals surface area contributed by atoms with Crippen LogP contribution in [-0.4, -0.2) is 22.9 Å². The molecule has 1 N–H and O–H groups in total. The summed E-state index contributed by atoms with van der Waals surface area (Å²) in [6, 6.07) is 2.74. The van der Waals surface area contributed by atoms with Crippen LogP contribution in [-0.2, 0) is 13.5 Å². The molecule has 0 saturated heterocycles. The Balaban J connectivity index is 1.81. The predicted molar refractivity (Wildman–Crippen MR) is 84.7 cm³/mol. The minimum Gasteiger partial charge on any atom is -0.316 e. The summed E-state index contributed by atoms with van der Waals surface area (Å²) >= 11 is 0. The molecule has 0 bridgehead atoms. The molecule has 3 nitrogen and oxygen atoms in total. The molecule has 1 fully saturated rings. The number of aryl methyl sites for hydroxylation is 1. The molecule has 0 aromatic carbocycles.